The van der Waals surface area contributed by atoms with Crippen LogP contribution in [-0.2, 0) is 0 Å². The Hall–Kier alpha value is -1.19. The second kappa shape index (κ2) is 5.21. The van der Waals surface area contributed by atoms with Gasteiger partial charge in [0.15, 0.2) is 0 Å². The lowest BCUT2D eigenvalue weighted by Crippen LogP contribution is -1.96. The van der Waals surface area contributed by atoms with Crippen molar-refractivity contribution in [3.05, 3.63) is 33.9 Å². The van der Waals surface area contributed by atoms with Crippen molar-refractivity contribution in [1.29, 1.82) is 0 Å². The molecule has 1 unspecified atom stereocenters. The Balaban J connectivity index is 2.67. The number of hydrogen-bond donors (Lipinski definition) is 1. The molecule has 0 bridgehead atoms. The van der Waals surface area contributed by atoms with Gasteiger partial charge in [-0.25, -0.2) is 0 Å². The number of nitrogens with two attached hydrogens (primary N) is 1. The highest BCUT2D eigenvalue weighted by atomic mass is 35.5. The van der Waals surface area contributed by atoms with Crippen LogP contribution in [0.4, 0.5) is 5.88 Å². The molecule has 2 aromatic rings. The second-order valence-corrected chi connectivity index (χ2v) is 5.03. The Morgan fingerprint density at radius 3 is 2.44 bits per heavy atom. The third-order valence-electron chi connectivity index (χ3n) is 3.04. The highest BCUT2D eigenvalue weighted by Crippen LogP contribution is 2.42. The Bertz CT molecular complexity index is 546. The number of nitrogen functional groups attached to an aromatic ring is 1. The molecule has 0 saturated carbocycles. The van der Waals surface area contributed by atoms with E-state index in [1.165, 1.54) is 0 Å². The van der Waals surface area contributed by atoms with Crippen molar-refractivity contribution in [1.82, 2.24) is 5.16 Å². The number of rotatable bonds is 3. The zero-order chi connectivity index (χ0) is 13.3. The normalized spacial score (nSPS) is 12.7. The van der Waals surface area contributed by atoms with Crippen molar-refractivity contribution >= 4 is 29.1 Å². The summed E-state index contributed by atoms with van der Waals surface area (Å²) in [7, 11) is 0. The predicted octanol–water partition coefficient (Wildman–Crippen LogP) is 4.74. The lowest BCUT2D eigenvalue weighted by molar-refractivity contribution is 0.421. The molecule has 5 heteroatoms. The summed E-state index contributed by atoms with van der Waals surface area (Å²) in [5.41, 5.74) is 8.05. The zero-order valence-corrected chi connectivity index (χ0v) is 11.7. The monoisotopic (exact) mass is 284 g/mol. The van der Waals surface area contributed by atoms with Gasteiger partial charge in [-0.05, 0) is 18.6 Å². The molecular weight excluding hydrogens is 271 g/mol. The molecule has 1 aromatic carbocycles. The van der Waals surface area contributed by atoms with Crippen LogP contribution < -0.4 is 5.73 Å². The van der Waals surface area contributed by atoms with Crippen LogP contribution in [0, 0.1) is 0 Å². The summed E-state index contributed by atoms with van der Waals surface area (Å²) in [6.45, 7) is 4.14. The van der Waals surface area contributed by atoms with Crippen LogP contribution in [0.1, 0.15) is 31.9 Å². The highest BCUT2D eigenvalue weighted by Gasteiger charge is 2.23. The predicted molar refractivity (Wildman–Crippen MR) is 75.1 cm³/mol. The van der Waals surface area contributed by atoms with Gasteiger partial charge in [-0.15, -0.1) is 0 Å². The summed E-state index contributed by atoms with van der Waals surface area (Å²) >= 11 is 12.4. The zero-order valence-electron chi connectivity index (χ0n) is 10.2. The van der Waals surface area contributed by atoms with Crippen molar-refractivity contribution in [3.63, 3.8) is 0 Å². The molecule has 1 atom stereocenters. The van der Waals surface area contributed by atoms with E-state index in [2.05, 4.69) is 19.0 Å². The first-order valence-electron chi connectivity index (χ1n) is 5.75. The van der Waals surface area contributed by atoms with Crippen molar-refractivity contribution in [3.8, 4) is 11.1 Å². The van der Waals surface area contributed by atoms with Gasteiger partial charge in [-0.1, -0.05) is 48.3 Å². The van der Waals surface area contributed by atoms with Gasteiger partial charge in [0.2, 0.25) is 5.88 Å². The van der Waals surface area contributed by atoms with E-state index in [9.17, 15) is 0 Å². The van der Waals surface area contributed by atoms with Gasteiger partial charge < -0.3 is 10.3 Å². The summed E-state index contributed by atoms with van der Waals surface area (Å²) < 4.78 is 5.09. The smallest absolute Gasteiger partial charge is 0.230 e. The first-order valence-corrected chi connectivity index (χ1v) is 6.51. The Morgan fingerprint density at radius 1 is 1.28 bits per heavy atom. The summed E-state index contributed by atoms with van der Waals surface area (Å²) in [5, 5.41) is 5.11. The van der Waals surface area contributed by atoms with E-state index in [1.807, 2.05) is 0 Å². The number of halogens is 2. The molecule has 1 heterocycles. The molecule has 0 aliphatic heterocycles. The van der Waals surface area contributed by atoms with E-state index in [0.29, 0.717) is 21.2 Å². The maximum absolute atomic E-state index is 6.20. The molecule has 0 amide bonds. The Kier molecular flexibility index (Phi) is 3.83. The van der Waals surface area contributed by atoms with Crippen LogP contribution in [0.5, 0.6) is 0 Å². The van der Waals surface area contributed by atoms with Crippen LogP contribution in [0.2, 0.25) is 10.0 Å². The number of nitrogens with zero attached hydrogens (tertiary/aromatic N) is 1. The third kappa shape index (κ3) is 2.20. The SMILES string of the molecule is CCC(C)c1noc(N)c1-c1c(Cl)cccc1Cl. The van der Waals surface area contributed by atoms with E-state index >= 15 is 0 Å². The Morgan fingerprint density at radius 2 is 1.89 bits per heavy atom. The van der Waals surface area contributed by atoms with Gasteiger partial charge in [0.25, 0.3) is 0 Å². The quantitative estimate of drug-likeness (QED) is 0.885. The fourth-order valence-corrected chi connectivity index (χ4v) is 2.42. The van der Waals surface area contributed by atoms with Crippen LogP contribution in [-0.4, -0.2) is 5.16 Å². The molecule has 18 heavy (non-hydrogen) atoms. The fourth-order valence-electron chi connectivity index (χ4n) is 1.83. The molecule has 2 N–H and O–H groups in total. The average Bonchev–Trinajstić information content (AvgIpc) is 2.71. The maximum Gasteiger partial charge on any atom is 0.230 e. The molecule has 0 fully saturated rings. The summed E-state index contributed by atoms with van der Waals surface area (Å²) in [5.74, 6) is 0.480. The third-order valence-corrected chi connectivity index (χ3v) is 3.67. The first-order chi connectivity index (χ1) is 8.56. The average molecular weight is 285 g/mol. The molecule has 0 spiro atoms. The minimum atomic E-state index is 0.230. The lowest BCUT2D eigenvalue weighted by atomic mass is 9.96. The second-order valence-electron chi connectivity index (χ2n) is 4.21. The highest BCUT2D eigenvalue weighted by molar-refractivity contribution is 6.39. The molecule has 1 aromatic heterocycles. The van der Waals surface area contributed by atoms with E-state index in [0.717, 1.165) is 12.1 Å². The van der Waals surface area contributed by atoms with Crippen LogP contribution in [0.25, 0.3) is 11.1 Å². The van der Waals surface area contributed by atoms with Crippen molar-refractivity contribution < 1.29 is 4.52 Å². The number of aromatic nitrogens is 1. The molecular formula is C13H14Cl2N2O. The topological polar surface area (TPSA) is 52.0 Å². The Labute approximate surface area is 116 Å². The van der Waals surface area contributed by atoms with Gasteiger partial charge >= 0.3 is 0 Å². The summed E-state index contributed by atoms with van der Waals surface area (Å²) in [6, 6.07) is 5.34. The van der Waals surface area contributed by atoms with Crippen molar-refractivity contribution in [2.45, 2.75) is 26.2 Å². The van der Waals surface area contributed by atoms with Gasteiger partial charge in [-0.2, -0.15) is 0 Å². The van der Waals surface area contributed by atoms with E-state index in [-0.39, 0.29) is 11.8 Å². The van der Waals surface area contributed by atoms with Crippen LogP contribution in [0.3, 0.4) is 0 Å². The van der Waals surface area contributed by atoms with Gasteiger partial charge in [0.1, 0.15) is 0 Å². The molecule has 0 saturated heterocycles. The van der Waals surface area contributed by atoms with Crippen LogP contribution >= 0.6 is 23.2 Å². The van der Waals surface area contributed by atoms with E-state index in [4.69, 9.17) is 33.5 Å². The van der Waals surface area contributed by atoms with Crippen molar-refractivity contribution in [2.24, 2.45) is 0 Å². The fraction of sp³-hybridized carbons (Fsp3) is 0.308. The van der Waals surface area contributed by atoms with Crippen LogP contribution in [0.15, 0.2) is 22.7 Å². The largest absolute Gasteiger partial charge is 0.367 e. The first kappa shape index (κ1) is 13.2. The number of anilines is 1. The van der Waals surface area contributed by atoms with E-state index in [1.54, 1.807) is 18.2 Å². The minimum absolute atomic E-state index is 0.230. The lowest BCUT2D eigenvalue weighted by Gasteiger charge is -2.10. The van der Waals surface area contributed by atoms with Gasteiger partial charge in [-0.3, -0.25) is 0 Å². The molecule has 0 aliphatic rings. The standard InChI is InChI=1S/C13H14Cl2N2O/c1-3-7(2)12-11(13(16)18-17-12)10-8(14)5-4-6-9(10)15/h4-7H,3,16H2,1-2H3. The number of hydrogen-bond acceptors (Lipinski definition) is 3. The minimum Gasteiger partial charge on any atom is -0.367 e. The maximum atomic E-state index is 6.20. The van der Waals surface area contributed by atoms with Gasteiger partial charge in [0.05, 0.1) is 21.3 Å². The summed E-state index contributed by atoms with van der Waals surface area (Å²) in [4.78, 5) is 0. The molecule has 2 rings (SSSR count). The number of benzene rings is 1. The molecule has 0 radical (unpaired) electrons. The molecule has 0 aliphatic carbocycles. The summed E-state index contributed by atoms with van der Waals surface area (Å²) in [6.07, 6.45) is 0.932. The van der Waals surface area contributed by atoms with Gasteiger partial charge in [0, 0.05) is 11.5 Å². The molecule has 96 valence electrons. The molecule has 3 nitrogen and oxygen atoms in total. The van der Waals surface area contributed by atoms with E-state index < -0.39 is 0 Å². The van der Waals surface area contributed by atoms with Crippen molar-refractivity contribution in [2.75, 3.05) is 5.73 Å².